The molecule has 1 aromatic carbocycles. The zero-order valence-corrected chi connectivity index (χ0v) is 11.1. The van der Waals surface area contributed by atoms with Gasteiger partial charge in [0.25, 0.3) is 0 Å². The van der Waals surface area contributed by atoms with Crippen LogP contribution in [-0.2, 0) is 6.54 Å². The Morgan fingerprint density at radius 1 is 1.40 bits per heavy atom. The van der Waals surface area contributed by atoms with Crippen LogP contribution in [0.4, 0.5) is 0 Å². The van der Waals surface area contributed by atoms with Crippen molar-refractivity contribution in [3.8, 4) is 5.75 Å². The second-order valence-electron chi connectivity index (χ2n) is 3.90. The maximum atomic E-state index is 9.85. The van der Waals surface area contributed by atoms with Crippen molar-refractivity contribution in [1.29, 1.82) is 0 Å². The number of nitrogens with zero attached hydrogens (tertiary/aromatic N) is 1. The molecule has 0 heterocycles. The average molecular weight is 272 g/mol. The van der Waals surface area contributed by atoms with Crippen molar-refractivity contribution >= 4 is 15.9 Å². The van der Waals surface area contributed by atoms with Crippen LogP contribution in [0, 0.1) is 0 Å². The summed E-state index contributed by atoms with van der Waals surface area (Å²) in [5.74, 6) is 0.358. The Labute approximate surface area is 100 Å². The number of hydrogen-bond acceptors (Lipinski definition) is 2. The SMILES string of the molecule is CCN(Cc1cccc(Br)c1O)C(C)C. The van der Waals surface area contributed by atoms with Gasteiger partial charge in [-0.05, 0) is 42.4 Å². The number of para-hydroxylation sites is 1. The molecule has 84 valence electrons. The predicted octanol–water partition coefficient (Wildman–Crippen LogP) is 3.39. The molecular weight excluding hydrogens is 254 g/mol. The van der Waals surface area contributed by atoms with Crippen LogP contribution in [0.2, 0.25) is 0 Å². The van der Waals surface area contributed by atoms with Crippen LogP contribution in [0.5, 0.6) is 5.75 Å². The van der Waals surface area contributed by atoms with Crippen molar-refractivity contribution in [2.75, 3.05) is 6.54 Å². The molecule has 1 rings (SSSR count). The van der Waals surface area contributed by atoms with Crippen molar-refractivity contribution < 1.29 is 5.11 Å². The molecule has 0 saturated carbocycles. The summed E-state index contributed by atoms with van der Waals surface area (Å²) in [4.78, 5) is 2.31. The molecule has 0 atom stereocenters. The Morgan fingerprint density at radius 3 is 2.60 bits per heavy atom. The summed E-state index contributed by atoms with van der Waals surface area (Å²) in [7, 11) is 0. The molecule has 0 aliphatic carbocycles. The van der Waals surface area contributed by atoms with E-state index in [0.717, 1.165) is 23.1 Å². The van der Waals surface area contributed by atoms with Crippen LogP contribution in [0.25, 0.3) is 0 Å². The maximum absolute atomic E-state index is 9.85. The largest absolute Gasteiger partial charge is 0.506 e. The summed E-state index contributed by atoms with van der Waals surface area (Å²) in [6.07, 6.45) is 0. The highest BCUT2D eigenvalue weighted by atomic mass is 79.9. The van der Waals surface area contributed by atoms with Gasteiger partial charge < -0.3 is 5.11 Å². The van der Waals surface area contributed by atoms with Crippen LogP contribution < -0.4 is 0 Å². The fourth-order valence-corrected chi connectivity index (χ4v) is 1.97. The van der Waals surface area contributed by atoms with Gasteiger partial charge in [0.05, 0.1) is 4.47 Å². The van der Waals surface area contributed by atoms with E-state index in [1.807, 2.05) is 18.2 Å². The number of rotatable bonds is 4. The topological polar surface area (TPSA) is 23.5 Å². The molecule has 0 aromatic heterocycles. The van der Waals surface area contributed by atoms with Crippen LogP contribution in [0.1, 0.15) is 26.3 Å². The van der Waals surface area contributed by atoms with Crippen molar-refractivity contribution in [3.05, 3.63) is 28.2 Å². The van der Waals surface area contributed by atoms with Gasteiger partial charge in [-0.25, -0.2) is 0 Å². The van der Waals surface area contributed by atoms with Crippen LogP contribution in [0.15, 0.2) is 22.7 Å². The van der Waals surface area contributed by atoms with E-state index in [0.29, 0.717) is 11.8 Å². The van der Waals surface area contributed by atoms with E-state index >= 15 is 0 Å². The van der Waals surface area contributed by atoms with Crippen molar-refractivity contribution in [1.82, 2.24) is 4.90 Å². The minimum Gasteiger partial charge on any atom is -0.506 e. The summed E-state index contributed by atoms with van der Waals surface area (Å²) >= 11 is 3.33. The zero-order chi connectivity index (χ0) is 11.4. The van der Waals surface area contributed by atoms with Crippen LogP contribution in [-0.4, -0.2) is 22.6 Å². The Morgan fingerprint density at radius 2 is 2.07 bits per heavy atom. The highest BCUT2D eigenvalue weighted by molar-refractivity contribution is 9.10. The molecule has 1 aromatic rings. The normalized spacial score (nSPS) is 11.3. The van der Waals surface area contributed by atoms with Gasteiger partial charge in [0.15, 0.2) is 0 Å². The fourth-order valence-electron chi connectivity index (χ4n) is 1.57. The van der Waals surface area contributed by atoms with Gasteiger partial charge >= 0.3 is 0 Å². The number of aromatic hydroxyl groups is 1. The molecule has 15 heavy (non-hydrogen) atoms. The molecular formula is C12H18BrNO. The number of halogens is 1. The molecule has 0 aliphatic rings. The fraction of sp³-hybridized carbons (Fsp3) is 0.500. The third-order valence-corrected chi connectivity index (χ3v) is 3.22. The standard InChI is InChI=1S/C12H18BrNO/c1-4-14(9(2)3)8-10-6-5-7-11(13)12(10)15/h5-7,9,15H,4,8H2,1-3H3. The number of phenolic OH excluding ortho intramolecular Hbond substituents is 1. The quantitative estimate of drug-likeness (QED) is 0.908. The van der Waals surface area contributed by atoms with E-state index in [-0.39, 0.29) is 0 Å². The predicted molar refractivity (Wildman–Crippen MR) is 67.0 cm³/mol. The lowest BCUT2D eigenvalue weighted by atomic mass is 10.1. The lowest BCUT2D eigenvalue weighted by molar-refractivity contribution is 0.222. The lowest BCUT2D eigenvalue weighted by Crippen LogP contribution is -2.29. The molecule has 1 N–H and O–H groups in total. The molecule has 0 aliphatic heterocycles. The van der Waals surface area contributed by atoms with Gasteiger partial charge in [-0.15, -0.1) is 0 Å². The van der Waals surface area contributed by atoms with Crippen molar-refractivity contribution in [2.45, 2.75) is 33.4 Å². The van der Waals surface area contributed by atoms with Gasteiger partial charge in [-0.2, -0.15) is 0 Å². The highest BCUT2D eigenvalue weighted by Gasteiger charge is 2.11. The van der Waals surface area contributed by atoms with E-state index in [2.05, 4.69) is 41.6 Å². The first kappa shape index (κ1) is 12.5. The Balaban J connectivity index is 2.84. The first-order chi connectivity index (χ1) is 7.06. The molecule has 0 saturated heterocycles. The van der Waals surface area contributed by atoms with E-state index in [1.165, 1.54) is 0 Å². The maximum Gasteiger partial charge on any atom is 0.134 e. The number of phenols is 1. The molecule has 0 bridgehead atoms. The summed E-state index contributed by atoms with van der Waals surface area (Å²) in [6.45, 7) is 8.25. The Kier molecular flexibility index (Phi) is 4.61. The number of hydrogen-bond donors (Lipinski definition) is 1. The smallest absolute Gasteiger partial charge is 0.134 e. The number of benzene rings is 1. The molecule has 3 heteroatoms. The summed E-state index contributed by atoms with van der Waals surface area (Å²) in [6, 6.07) is 6.26. The van der Waals surface area contributed by atoms with E-state index in [4.69, 9.17) is 0 Å². The first-order valence-corrected chi connectivity index (χ1v) is 6.06. The van der Waals surface area contributed by atoms with Gasteiger partial charge in [0.1, 0.15) is 5.75 Å². The van der Waals surface area contributed by atoms with E-state index in [1.54, 1.807) is 0 Å². The zero-order valence-electron chi connectivity index (χ0n) is 9.50. The van der Waals surface area contributed by atoms with Gasteiger partial charge in [-0.3, -0.25) is 4.90 Å². The molecule has 0 spiro atoms. The second kappa shape index (κ2) is 5.52. The lowest BCUT2D eigenvalue weighted by Gasteiger charge is -2.25. The van der Waals surface area contributed by atoms with Crippen molar-refractivity contribution in [3.63, 3.8) is 0 Å². The van der Waals surface area contributed by atoms with Crippen molar-refractivity contribution in [2.24, 2.45) is 0 Å². The second-order valence-corrected chi connectivity index (χ2v) is 4.76. The minimum atomic E-state index is 0.358. The van der Waals surface area contributed by atoms with Gasteiger partial charge in [-0.1, -0.05) is 19.1 Å². The summed E-state index contributed by atoms with van der Waals surface area (Å²) in [5, 5.41) is 9.85. The third kappa shape index (κ3) is 3.21. The Bertz CT molecular complexity index is 325. The summed E-state index contributed by atoms with van der Waals surface area (Å²) in [5.41, 5.74) is 0.972. The molecule has 2 nitrogen and oxygen atoms in total. The highest BCUT2D eigenvalue weighted by Crippen LogP contribution is 2.28. The first-order valence-electron chi connectivity index (χ1n) is 5.26. The molecule has 0 unspecified atom stereocenters. The van der Waals surface area contributed by atoms with E-state index < -0.39 is 0 Å². The van der Waals surface area contributed by atoms with Gasteiger partial charge in [0, 0.05) is 18.2 Å². The molecule has 0 radical (unpaired) electrons. The monoisotopic (exact) mass is 271 g/mol. The van der Waals surface area contributed by atoms with E-state index in [9.17, 15) is 5.11 Å². The van der Waals surface area contributed by atoms with Gasteiger partial charge in [0.2, 0.25) is 0 Å². The third-order valence-electron chi connectivity index (χ3n) is 2.58. The molecule has 0 fully saturated rings. The summed E-state index contributed by atoms with van der Waals surface area (Å²) < 4.78 is 0.764. The average Bonchev–Trinajstić information content (AvgIpc) is 2.19. The Hall–Kier alpha value is -0.540. The van der Waals surface area contributed by atoms with Crippen LogP contribution >= 0.6 is 15.9 Å². The van der Waals surface area contributed by atoms with Crippen LogP contribution in [0.3, 0.4) is 0 Å². The minimum absolute atomic E-state index is 0.358. The molecule has 0 amide bonds.